The zero-order chi connectivity index (χ0) is 21.2. The van der Waals surface area contributed by atoms with Crippen LogP contribution in [-0.4, -0.2) is 42.5 Å². The lowest BCUT2D eigenvalue weighted by atomic mass is 10.1. The fraction of sp³-hybridized carbons (Fsp3) is 0.250. The Labute approximate surface area is 173 Å². The number of halogens is 1. The molecule has 0 saturated heterocycles. The summed E-state index contributed by atoms with van der Waals surface area (Å²) in [5.41, 5.74) is 2.52. The number of benzene rings is 1. The molecular formula is C20H21ClN4O4. The van der Waals surface area contributed by atoms with Gasteiger partial charge < -0.3 is 14.3 Å². The summed E-state index contributed by atoms with van der Waals surface area (Å²) in [6.07, 6.45) is 1.58. The van der Waals surface area contributed by atoms with Gasteiger partial charge in [0.05, 0.1) is 18.5 Å². The van der Waals surface area contributed by atoms with E-state index in [9.17, 15) is 4.79 Å². The second-order valence-corrected chi connectivity index (χ2v) is 6.15. The summed E-state index contributed by atoms with van der Waals surface area (Å²) in [4.78, 5) is 21.0. The fourth-order valence-electron chi connectivity index (χ4n) is 2.25. The van der Waals surface area contributed by atoms with Crippen LogP contribution in [0.5, 0.6) is 0 Å². The molecule has 0 radical (unpaired) electrons. The predicted molar refractivity (Wildman–Crippen MR) is 111 cm³/mol. The van der Waals surface area contributed by atoms with Gasteiger partial charge in [0.15, 0.2) is 5.71 Å². The van der Waals surface area contributed by atoms with Crippen LogP contribution in [0.2, 0.25) is 5.02 Å². The van der Waals surface area contributed by atoms with E-state index in [1.165, 1.54) is 14.2 Å². The number of carbonyl (C=O) groups excluding carboxylic acids is 1. The molecule has 2 rings (SSSR count). The Morgan fingerprint density at radius 3 is 2.48 bits per heavy atom. The van der Waals surface area contributed by atoms with Crippen molar-refractivity contribution in [2.24, 2.45) is 15.4 Å². The molecule has 0 spiro atoms. The summed E-state index contributed by atoms with van der Waals surface area (Å²) >= 11 is 5.89. The van der Waals surface area contributed by atoms with Crippen LogP contribution in [0.1, 0.15) is 30.7 Å². The Hall–Kier alpha value is -3.26. The molecule has 1 aromatic carbocycles. The van der Waals surface area contributed by atoms with Gasteiger partial charge in [-0.1, -0.05) is 28.9 Å². The third kappa shape index (κ3) is 6.39. The number of aromatic nitrogens is 1. The predicted octanol–water partition coefficient (Wildman–Crippen LogP) is 3.62. The molecule has 0 atom stereocenters. The van der Waals surface area contributed by atoms with Crippen LogP contribution >= 0.6 is 11.6 Å². The van der Waals surface area contributed by atoms with Gasteiger partial charge in [0.25, 0.3) is 0 Å². The second-order valence-electron chi connectivity index (χ2n) is 5.71. The first-order valence-electron chi connectivity index (χ1n) is 8.57. The van der Waals surface area contributed by atoms with Gasteiger partial charge >= 0.3 is 5.97 Å². The maximum atomic E-state index is 12.0. The van der Waals surface area contributed by atoms with Crippen LogP contribution in [-0.2, 0) is 25.7 Å². The van der Waals surface area contributed by atoms with Crippen molar-refractivity contribution in [2.75, 3.05) is 14.2 Å². The number of rotatable bonds is 7. The zero-order valence-corrected chi connectivity index (χ0v) is 17.3. The minimum Gasteiger partial charge on any atom is -0.473 e. The van der Waals surface area contributed by atoms with Crippen molar-refractivity contribution in [1.29, 1.82) is 0 Å². The minimum atomic E-state index is -0.644. The standard InChI is InChI=1S/C20H21ClN4O4/c1-13(15-7-9-16(21)10-8-15)23-24-14(2)29-12-18-17(6-5-11-22-18)19(25-28-4)20(26)27-3/h5-11H,12H2,1-4H3/b23-13+,24-14+,25-19+. The average Bonchev–Trinajstić information content (AvgIpc) is 2.74. The topological polar surface area (TPSA) is 94.7 Å². The number of methoxy groups -OCH3 is 1. The number of nitrogens with zero attached hydrogens (tertiary/aromatic N) is 4. The van der Waals surface area contributed by atoms with Gasteiger partial charge in [-0.3, -0.25) is 4.98 Å². The van der Waals surface area contributed by atoms with Gasteiger partial charge in [-0.25, -0.2) is 4.79 Å². The van der Waals surface area contributed by atoms with Crippen LogP contribution < -0.4 is 0 Å². The molecule has 0 aliphatic rings. The first-order chi connectivity index (χ1) is 14.0. The van der Waals surface area contributed by atoms with Gasteiger partial charge in [-0.2, -0.15) is 5.10 Å². The molecule has 0 amide bonds. The van der Waals surface area contributed by atoms with Crippen LogP contribution in [0.25, 0.3) is 0 Å². The van der Waals surface area contributed by atoms with Crippen molar-refractivity contribution in [2.45, 2.75) is 20.5 Å². The lowest BCUT2D eigenvalue weighted by Gasteiger charge is -2.10. The Morgan fingerprint density at radius 1 is 1.10 bits per heavy atom. The Morgan fingerprint density at radius 2 is 1.83 bits per heavy atom. The highest BCUT2D eigenvalue weighted by Gasteiger charge is 2.20. The van der Waals surface area contributed by atoms with Crippen LogP contribution in [0.3, 0.4) is 0 Å². The largest absolute Gasteiger partial charge is 0.473 e. The van der Waals surface area contributed by atoms with Crippen molar-refractivity contribution < 1.29 is 19.1 Å². The fourth-order valence-corrected chi connectivity index (χ4v) is 2.37. The lowest BCUT2D eigenvalue weighted by molar-refractivity contribution is -0.132. The van der Waals surface area contributed by atoms with Crippen LogP contribution in [0, 0.1) is 0 Å². The van der Waals surface area contributed by atoms with Crippen molar-refractivity contribution in [3.63, 3.8) is 0 Å². The number of oxime groups is 1. The number of carbonyl (C=O) groups is 1. The highest BCUT2D eigenvalue weighted by atomic mass is 35.5. The van der Waals surface area contributed by atoms with E-state index < -0.39 is 5.97 Å². The van der Waals surface area contributed by atoms with Crippen LogP contribution in [0.15, 0.2) is 58.0 Å². The molecule has 0 aliphatic carbocycles. The summed E-state index contributed by atoms with van der Waals surface area (Å²) in [5.74, 6) is -0.312. The summed E-state index contributed by atoms with van der Waals surface area (Å²) in [6, 6.07) is 10.6. The number of hydrogen-bond acceptors (Lipinski definition) is 8. The maximum Gasteiger partial charge on any atom is 0.360 e. The van der Waals surface area contributed by atoms with Gasteiger partial charge in [-0.05, 0) is 36.8 Å². The number of pyridine rings is 1. The van der Waals surface area contributed by atoms with E-state index in [0.717, 1.165) is 5.56 Å². The third-order valence-electron chi connectivity index (χ3n) is 3.73. The second kappa shape index (κ2) is 10.9. The summed E-state index contributed by atoms with van der Waals surface area (Å²) in [6.45, 7) is 3.56. The molecular weight excluding hydrogens is 396 g/mol. The van der Waals surface area contributed by atoms with Crippen molar-refractivity contribution >= 4 is 34.9 Å². The van der Waals surface area contributed by atoms with E-state index in [4.69, 9.17) is 25.9 Å². The minimum absolute atomic E-state index is 0.00658. The van der Waals surface area contributed by atoms with E-state index in [-0.39, 0.29) is 12.3 Å². The molecule has 8 nitrogen and oxygen atoms in total. The molecule has 152 valence electrons. The smallest absolute Gasteiger partial charge is 0.360 e. The Bertz CT molecular complexity index is 940. The van der Waals surface area contributed by atoms with E-state index in [1.54, 1.807) is 37.4 Å². The zero-order valence-electron chi connectivity index (χ0n) is 16.5. The monoisotopic (exact) mass is 416 g/mol. The van der Waals surface area contributed by atoms with E-state index in [2.05, 4.69) is 20.3 Å². The summed E-state index contributed by atoms with van der Waals surface area (Å²) in [7, 11) is 2.60. The number of ether oxygens (including phenoxy) is 2. The molecule has 1 aromatic heterocycles. The Balaban J connectivity index is 2.14. The molecule has 1 heterocycles. The Kier molecular flexibility index (Phi) is 8.29. The summed E-state index contributed by atoms with van der Waals surface area (Å²) < 4.78 is 10.4. The summed E-state index contributed by atoms with van der Waals surface area (Å²) in [5, 5.41) is 12.6. The molecule has 0 bridgehead atoms. The van der Waals surface area contributed by atoms with Crippen molar-refractivity contribution in [3.8, 4) is 0 Å². The van der Waals surface area contributed by atoms with Gasteiger partial charge in [0.1, 0.15) is 13.7 Å². The molecule has 9 heteroatoms. The molecule has 2 aromatic rings. The van der Waals surface area contributed by atoms with Crippen molar-refractivity contribution in [3.05, 3.63) is 64.4 Å². The molecule has 0 fully saturated rings. The molecule has 29 heavy (non-hydrogen) atoms. The highest BCUT2D eigenvalue weighted by molar-refractivity contribution is 6.43. The van der Waals surface area contributed by atoms with Crippen molar-refractivity contribution in [1.82, 2.24) is 4.98 Å². The number of hydrogen-bond donors (Lipinski definition) is 0. The molecule has 0 saturated carbocycles. The third-order valence-corrected chi connectivity index (χ3v) is 3.98. The quantitative estimate of drug-likeness (QED) is 0.297. The lowest BCUT2D eigenvalue weighted by Crippen LogP contribution is -2.20. The maximum absolute atomic E-state index is 12.0. The molecule has 0 N–H and O–H groups in total. The SMILES string of the molecule is CO/N=C(/C(=O)OC)c1cccnc1CO/C(C)=N/N=C(\C)c1ccc(Cl)cc1. The number of esters is 1. The van der Waals surface area contributed by atoms with Crippen LogP contribution in [0.4, 0.5) is 0 Å². The van der Waals surface area contributed by atoms with Gasteiger partial charge in [0, 0.05) is 23.7 Å². The first-order valence-corrected chi connectivity index (χ1v) is 8.95. The normalized spacial score (nSPS) is 12.5. The van der Waals surface area contributed by atoms with Gasteiger partial charge in [-0.15, -0.1) is 5.10 Å². The first kappa shape index (κ1) is 22.0. The van der Waals surface area contributed by atoms with Gasteiger partial charge in [0.2, 0.25) is 5.90 Å². The molecule has 0 unspecified atom stereocenters. The highest BCUT2D eigenvalue weighted by Crippen LogP contribution is 2.12. The average molecular weight is 417 g/mol. The molecule has 0 aliphatic heterocycles. The van der Waals surface area contributed by atoms with E-state index in [1.807, 2.05) is 19.1 Å². The van der Waals surface area contributed by atoms with E-state index in [0.29, 0.717) is 27.9 Å². The van der Waals surface area contributed by atoms with E-state index >= 15 is 0 Å².